The Morgan fingerprint density at radius 1 is 1.19 bits per heavy atom. The number of amides is 1. The highest BCUT2D eigenvalue weighted by Crippen LogP contribution is 2.35. The van der Waals surface area contributed by atoms with Crippen LogP contribution in [0.1, 0.15) is 11.1 Å². The number of fused-ring (bicyclic) bond motifs is 4. The molecule has 15 heteroatoms. The molecule has 0 saturated carbocycles. The van der Waals surface area contributed by atoms with Crippen molar-refractivity contribution in [1.82, 2.24) is 24.9 Å². The van der Waals surface area contributed by atoms with Crippen molar-refractivity contribution in [2.24, 2.45) is 4.99 Å². The molecule has 0 radical (unpaired) electrons. The lowest BCUT2D eigenvalue weighted by atomic mass is 10.1. The third-order valence-electron chi connectivity index (χ3n) is 8.19. The summed E-state index contributed by atoms with van der Waals surface area (Å²) >= 11 is -2.24. The van der Waals surface area contributed by atoms with Crippen molar-refractivity contribution in [1.29, 1.82) is 0 Å². The monoisotopic (exact) mass is 609 g/mol. The molecule has 5 aliphatic heterocycles. The highest BCUT2D eigenvalue weighted by molar-refractivity contribution is 6.58. The molecular formula is C28H36AlN7O7. The fourth-order valence-corrected chi connectivity index (χ4v) is 9.16. The molecule has 4 bridgehead atoms. The zero-order valence-corrected chi connectivity index (χ0v) is 25.4. The van der Waals surface area contributed by atoms with Gasteiger partial charge in [0.05, 0.1) is 39.3 Å². The summed E-state index contributed by atoms with van der Waals surface area (Å²) in [6.45, 7) is 8.26. The number of allylic oxidation sites excluding steroid dienone is 1. The van der Waals surface area contributed by atoms with Crippen LogP contribution in [0.2, 0.25) is 5.28 Å². The number of benzene rings is 1. The summed E-state index contributed by atoms with van der Waals surface area (Å²) < 4.78 is 11.1. The Morgan fingerprint density at radius 3 is 2.67 bits per heavy atom. The predicted molar refractivity (Wildman–Crippen MR) is 157 cm³/mol. The van der Waals surface area contributed by atoms with Gasteiger partial charge in [-0.15, -0.1) is 4.99 Å². The van der Waals surface area contributed by atoms with Crippen LogP contribution in [-0.4, -0.2) is 133 Å². The van der Waals surface area contributed by atoms with Crippen LogP contribution in [-0.2, 0) is 35.9 Å². The molecule has 6 rings (SSSR count). The van der Waals surface area contributed by atoms with Crippen LogP contribution < -0.4 is 5.32 Å². The maximum absolute atomic E-state index is 12.5. The van der Waals surface area contributed by atoms with Crippen LogP contribution in [0.4, 0.5) is 0 Å². The Morgan fingerprint density at radius 2 is 1.95 bits per heavy atom. The number of guanidine groups is 1. The van der Waals surface area contributed by atoms with Gasteiger partial charge in [-0.25, -0.2) is 4.90 Å². The lowest BCUT2D eigenvalue weighted by Gasteiger charge is -2.42. The molecule has 1 unspecified atom stereocenters. The number of carbonyl (C=O) groups is 3. The Bertz CT molecular complexity index is 1340. The summed E-state index contributed by atoms with van der Waals surface area (Å²) in [5, 5.41) is 14.5. The van der Waals surface area contributed by atoms with E-state index < -0.39 is 24.0 Å². The van der Waals surface area contributed by atoms with Gasteiger partial charge in [0.1, 0.15) is 0 Å². The molecule has 1 aromatic rings. The first-order chi connectivity index (χ1) is 20.7. The minimum absolute atomic E-state index is 0.177. The molecule has 14 nitrogen and oxygen atoms in total. The third kappa shape index (κ3) is 7.14. The van der Waals surface area contributed by atoms with Gasteiger partial charge in [0.2, 0.25) is 5.91 Å². The maximum atomic E-state index is 12.5. The van der Waals surface area contributed by atoms with Gasteiger partial charge < -0.3 is 24.0 Å². The van der Waals surface area contributed by atoms with E-state index in [9.17, 15) is 24.5 Å². The first kappa shape index (κ1) is 30.8. The summed E-state index contributed by atoms with van der Waals surface area (Å²) in [6, 6.07) is 7.89. The number of aliphatic imine (C=N–C) groups is 1. The van der Waals surface area contributed by atoms with Crippen LogP contribution in [0, 0.1) is 10.1 Å². The molecule has 43 heavy (non-hydrogen) atoms. The zero-order valence-electron chi connectivity index (χ0n) is 24.3. The summed E-state index contributed by atoms with van der Waals surface area (Å²) in [4.78, 5) is 59.5. The second-order valence-electron chi connectivity index (χ2n) is 11.2. The Labute approximate surface area is 254 Å². The van der Waals surface area contributed by atoms with E-state index in [2.05, 4.69) is 37.7 Å². The van der Waals surface area contributed by atoms with E-state index in [0.29, 0.717) is 31.5 Å². The highest BCUT2D eigenvalue weighted by atomic mass is 27.2. The molecule has 3 fully saturated rings. The first-order valence-electron chi connectivity index (χ1n) is 14.3. The van der Waals surface area contributed by atoms with Gasteiger partial charge in [0.15, 0.2) is 4.59 Å². The lowest BCUT2D eigenvalue weighted by molar-refractivity contribution is -0.362. The standard InChI is InChI=1S/C28H37N7O7.Al/c1-4-21-15-31(12-13-34-20-27(39)42-25(34)18-32(16-21)19-26(37)38)17-23-8-6-22(7-9-23)14-24(36)30-10-11-33(5-2)28(29-3)35(40)41;/h4-9H,1-2,10-20H2,3H3,(H,30,36)(H,37,38);/q;+1/p-1/b21-4+,29-28?;. The normalized spacial score (nSPS) is 25.5. The fraction of sp³-hybridized carbons (Fsp3) is 0.500. The summed E-state index contributed by atoms with van der Waals surface area (Å²) in [5.41, 5.74) is 3.19. The summed E-state index contributed by atoms with van der Waals surface area (Å²) in [6.07, 6.45) is 3.68. The number of hydrogen-bond acceptors (Lipinski definition) is 11. The number of carbonyl (C=O) groups excluding carboxylic acids is 3. The second kappa shape index (κ2) is 13.4. The maximum Gasteiger partial charge on any atom is 0.627 e. The second-order valence-corrected chi connectivity index (χ2v) is 13.8. The van der Waals surface area contributed by atoms with Crippen LogP contribution in [0.5, 0.6) is 0 Å². The first-order valence-corrected chi connectivity index (χ1v) is 16.2. The molecule has 0 aliphatic carbocycles. The summed E-state index contributed by atoms with van der Waals surface area (Å²) in [5.74, 6) is -1.02. The molecule has 1 aromatic carbocycles. The van der Waals surface area contributed by atoms with Gasteiger partial charge in [-0.2, -0.15) is 0 Å². The van der Waals surface area contributed by atoms with Gasteiger partial charge in [0, 0.05) is 45.8 Å². The molecule has 1 spiro atoms. The van der Waals surface area contributed by atoms with E-state index in [1.807, 2.05) is 24.3 Å². The molecule has 0 aromatic heterocycles. The number of rotatable bonds is 8. The number of nitro groups is 1. The summed E-state index contributed by atoms with van der Waals surface area (Å²) in [7, 11) is 1.33. The Kier molecular flexibility index (Phi) is 9.58. The number of nitrogens with zero attached hydrogens (tertiary/aromatic N) is 6. The van der Waals surface area contributed by atoms with Gasteiger partial charge in [-0.3, -0.25) is 29.1 Å². The van der Waals surface area contributed by atoms with Gasteiger partial charge >= 0.3 is 26.4 Å². The number of hydrogen-bond donors (Lipinski definition) is 1. The quantitative estimate of drug-likeness (QED) is 0.0791. The van der Waals surface area contributed by atoms with Crippen LogP contribution >= 0.6 is 0 Å². The van der Waals surface area contributed by atoms with Gasteiger partial charge in [-0.1, -0.05) is 36.9 Å². The average Bonchev–Trinajstić information content (AvgIpc) is 3.25. The van der Waals surface area contributed by atoms with Gasteiger partial charge in [-0.05, 0) is 26.9 Å². The molecule has 1 N–H and O–H groups in total. The lowest BCUT2D eigenvalue weighted by Crippen LogP contribution is -2.64. The molecule has 228 valence electrons. The zero-order chi connectivity index (χ0) is 30.6. The minimum atomic E-state index is -2.24. The van der Waals surface area contributed by atoms with Crippen molar-refractivity contribution < 1.29 is 27.8 Å². The van der Waals surface area contributed by atoms with Crippen molar-refractivity contribution >= 4 is 38.3 Å². The predicted octanol–water partition coefficient (Wildman–Crippen LogP) is -0.246. The minimum Gasteiger partial charge on any atom is -0.612 e. The number of ether oxygens (including phenoxy) is 1. The fourth-order valence-electron chi connectivity index (χ4n) is 6.22. The number of nitrogens with one attached hydrogen (secondary N) is 1. The van der Waals surface area contributed by atoms with Crippen molar-refractivity contribution in [3.63, 3.8) is 0 Å². The van der Waals surface area contributed by atoms with E-state index in [1.165, 1.54) is 23.7 Å². The van der Waals surface area contributed by atoms with Crippen LogP contribution in [0.25, 0.3) is 0 Å². The topological polar surface area (TPSA) is 150 Å². The molecule has 5 heterocycles. The van der Waals surface area contributed by atoms with E-state index in [-0.39, 0.29) is 56.4 Å². The molecule has 1 amide bonds. The van der Waals surface area contributed by atoms with Gasteiger partial charge in [0.25, 0.3) is 5.97 Å². The largest absolute Gasteiger partial charge is 0.627 e. The average molecular weight is 610 g/mol. The Hall–Kier alpha value is -3.61. The molecule has 5 aliphatic rings. The van der Waals surface area contributed by atoms with E-state index in [0.717, 1.165) is 24.2 Å². The molecule has 2 atom stereocenters. The van der Waals surface area contributed by atoms with E-state index >= 15 is 0 Å². The van der Waals surface area contributed by atoms with E-state index in [1.54, 1.807) is 0 Å². The SMILES string of the molecule is C=CN(CCNC(=O)Cc1ccc(CN2CCN3CC(=O)O[C@@]34CN3CC(=O)[O][Al]4[CH2]/C=C(\C2)C3)cc1)C(=NC)[N+](=O)[O-]. The van der Waals surface area contributed by atoms with Crippen molar-refractivity contribution in [2.75, 3.05) is 66.0 Å². The van der Waals surface area contributed by atoms with Crippen molar-refractivity contribution in [2.45, 2.75) is 22.8 Å². The van der Waals surface area contributed by atoms with Crippen LogP contribution in [0.3, 0.4) is 0 Å². The van der Waals surface area contributed by atoms with E-state index in [4.69, 9.17) is 8.53 Å². The van der Waals surface area contributed by atoms with Crippen molar-refractivity contribution in [3.8, 4) is 0 Å². The van der Waals surface area contributed by atoms with Crippen molar-refractivity contribution in [3.05, 3.63) is 69.9 Å². The smallest absolute Gasteiger partial charge is 0.612 e. The number of esters is 1. The van der Waals surface area contributed by atoms with Crippen LogP contribution in [0.15, 0.2) is 53.7 Å². The highest BCUT2D eigenvalue weighted by Gasteiger charge is 2.63. The molecular weight excluding hydrogens is 573 g/mol. The Balaban J connectivity index is 1.19. The molecule has 3 saturated heterocycles. The third-order valence-corrected chi connectivity index (χ3v) is 11.1.